The van der Waals surface area contributed by atoms with Gasteiger partial charge in [-0.25, -0.2) is 0 Å². The van der Waals surface area contributed by atoms with Crippen LogP contribution in [0.3, 0.4) is 0 Å². The molecule has 1 saturated heterocycles. The van der Waals surface area contributed by atoms with Crippen LogP contribution in [-0.2, 0) is 0 Å². The summed E-state index contributed by atoms with van der Waals surface area (Å²) in [7, 11) is 0. The minimum Gasteiger partial charge on any atom is -0.452 e. The number of furan rings is 1. The molecule has 1 aliphatic rings. The Labute approximate surface area is 173 Å². The van der Waals surface area contributed by atoms with E-state index in [4.69, 9.17) is 16.6 Å². The number of thiocarbonyl (C=S) groups is 1. The molecule has 2 aromatic heterocycles. The number of aryl methyl sites for hydroxylation is 1. The van der Waals surface area contributed by atoms with Crippen molar-refractivity contribution >= 4 is 29.1 Å². The highest BCUT2D eigenvalue weighted by Gasteiger charge is 2.41. The molecule has 2 N–H and O–H groups in total. The molecule has 0 saturated carbocycles. The zero-order chi connectivity index (χ0) is 19.5. The van der Waals surface area contributed by atoms with Crippen molar-refractivity contribution in [3.63, 3.8) is 0 Å². The number of β-amino-alcohol motifs (C(OH)–C–C–N with tert-alkyl or cyclic N) is 1. The Balaban J connectivity index is 1.63. The molecule has 0 spiro atoms. The fourth-order valence-electron chi connectivity index (χ4n) is 3.33. The quantitative estimate of drug-likeness (QED) is 0.592. The highest BCUT2D eigenvalue weighted by Crippen LogP contribution is 2.40. The van der Waals surface area contributed by atoms with E-state index in [9.17, 15) is 5.11 Å². The van der Waals surface area contributed by atoms with E-state index in [2.05, 4.69) is 41.5 Å². The van der Waals surface area contributed by atoms with Crippen molar-refractivity contribution in [2.24, 2.45) is 0 Å². The van der Waals surface area contributed by atoms with Crippen LogP contribution in [0.25, 0.3) is 0 Å². The van der Waals surface area contributed by atoms with E-state index < -0.39 is 0 Å². The smallest absolute Gasteiger partial charge is 0.170 e. The van der Waals surface area contributed by atoms with Crippen molar-refractivity contribution < 1.29 is 9.52 Å². The SMILES string of the molecule is Cc1ccc(Sc2ccc([C@H]3[C@@H](c4ccccn4)NC(=S)N3CCO)o2)cc1. The van der Waals surface area contributed by atoms with Crippen molar-refractivity contribution in [2.45, 2.75) is 29.0 Å². The zero-order valence-electron chi connectivity index (χ0n) is 15.4. The lowest BCUT2D eigenvalue weighted by atomic mass is 10.0. The fourth-order valence-corrected chi connectivity index (χ4v) is 4.44. The first-order valence-corrected chi connectivity index (χ1v) is 10.3. The van der Waals surface area contributed by atoms with Crippen LogP contribution in [0.15, 0.2) is 75.2 Å². The number of benzene rings is 1. The van der Waals surface area contributed by atoms with E-state index in [-0.39, 0.29) is 18.7 Å². The molecule has 7 heteroatoms. The maximum absolute atomic E-state index is 9.51. The largest absolute Gasteiger partial charge is 0.452 e. The summed E-state index contributed by atoms with van der Waals surface area (Å²) in [6.07, 6.45) is 1.77. The van der Waals surface area contributed by atoms with Gasteiger partial charge in [-0.05, 0) is 55.5 Å². The van der Waals surface area contributed by atoms with Crippen LogP contribution in [0.1, 0.15) is 29.1 Å². The van der Waals surface area contributed by atoms with Crippen LogP contribution in [0.5, 0.6) is 0 Å². The summed E-state index contributed by atoms with van der Waals surface area (Å²) in [4.78, 5) is 7.58. The van der Waals surface area contributed by atoms with Gasteiger partial charge in [0, 0.05) is 17.6 Å². The molecular formula is C21H21N3O2S2. The number of hydrogen-bond donors (Lipinski definition) is 2. The van der Waals surface area contributed by atoms with E-state index in [1.54, 1.807) is 18.0 Å². The van der Waals surface area contributed by atoms with Crippen LogP contribution in [0, 0.1) is 6.92 Å². The summed E-state index contributed by atoms with van der Waals surface area (Å²) < 4.78 is 6.19. The summed E-state index contributed by atoms with van der Waals surface area (Å²) >= 11 is 7.10. The third-order valence-electron chi connectivity index (χ3n) is 4.67. The van der Waals surface area contributed by atoms with E-state index in [1.807, 2.05) is 35.2 Å². The second-order valence-electron chi connectivity index (χ2n) is 6.62. The van der Waals surface area contributed by atoms with Crippen molar-refractivity contribution in [1.29, 1.82) is 0 Å². The van der Waals surface area contributed by atoms with E-state index in [0.717, 1.165) is 21.4 Å². The standard InChI is InChI=1S/C21H21N3O2S2/c1-14-5-7-15(8-6-14)28-18-10-9-17(26-18)20-19(16-4-2-3-11-22-16)23-21(27)24(20)12-13-25/h2-11,19-20,25H,12-13H2,1H3,(H,23,27)/t19-,20+/m1/s1. The number of aromatic nitrogens is 1. The second kappa shape index (κ2) is 8.34. The van der Waals surface area contributed by atoms with Crippen molar-refractivity contribution in [3.8, 4) is 0 Å². The number of rotatable bonds is 6. The van der Waals surface area contributed by atoms with E-state index in [0.29, 0.717) is 11.7 Å². The zero-order valence-corrected chi connectivity index (χ0v) is 17.0. The summed E-state index contributed by atoms with van der Waals surface area (Å²) in [5.74, 6) is 0.797. The molecule has 4 rings (SSSR count). The molecule has 1 aromatic carbocycles. The first-order valence-electron chi connectivity index (χ1n) is 9.09. The molecule has 0 bridgehead atoms. The number of aliphatic hydroxyl groups excluding tert-OH is 1. The van der Waals surface area contributed by atoms with Gasteiger partial charge >= 0.3 is 0 Å². The third-order valence-corrected chi connectivity index (χ3v) is 5.95. The summed E-state index contributed by atoms with van der Waals surface area (Å²) in [6, 6.07) is 17.8. The molecule has 2 atom stereocenters. The number of hydrogen-bond acceptors (Lipinski definition) is 5. The highest BCUT2D eigenvalue weighted by molar-refractivity contribution is 7.99. The minimum atomic E-state index is -0.165. The Morgan fingerprint density at radius 1 is 1.18 bits per heavy atom. The molecule has 0 radical (unpaired) electrons. The molecule has 1 fully saturated rings. The predicted molar refractivity (Wildman–Crippen MR) is 113 cm³/mol. The van der Waals surface area contributed by atoms with Gasteiger partial charge in [-0.1, -0.05) is 35.5 Å². The Morgan fingerprint density at radius 3 is 2.71 bits per heavy atom. The lowest BCUT2D eigenvalue weighted by Gasteiger charge is -2.25. The van der Waals surface area contributed by atoms with Gasteiger partial charge in [0.25, 0.3) is 0 Å². The first kappa shape index (κ1) is 19.0. The lowest BCUT2D eigenvalue weighted by Crippen LogP contribution is -2.32. The normalized spacial score (nSPS) is 19.1. The summed E-state index contributed by atoms with van der Waals surface area (Å²) in [6.45, 7) is 2.52. The third kappa shape index (κ3) is 3.92. The maximum atomic E-state index is 9.51. The van der Waals surface area contributed by atoms with Gasteiger partial charge in [-0.3, -0.25) is 4.98 Å². The fraction of sp³-hybridized carbons (Fsp3) is 0.238. The molecule has 1 aliphatic heterocycles. The predicted octanol–water partition coefficient (Wildman–Crippen LogP) is 4.10. The number of nitrogens with one attached hydrogen (secondary N) is 1. The summed E-state index contributed by atoms with van der Waals surface area (Å²) in [5, 5.41) is 14.3. The van der Waals surface area contributed by atoms with Crippen molar-refractivity contribution in [3.05, 3.63) is 77.8 Å². The van der Waals surface area contributed by atoms with Gasteiger partial charge in [0.2, 0.25) is 0 Å². The van der Waals surface area contributed by atoms with Crippen LogP contribution >= 0.6 is 24.0 Å². The molecule has 144 valence electrons. The topological polar surface area (TPSA) is 61.5 Å². The van der Waals surface area contributed by atoms with Crippen molar-refractivity contribution in [2.75, 3.05) is 13.2 Å². The molecule has 3 aromatic rings. The van der Waals surface area contributed by atoms with Gasteiger partial charge in [-0.2, -0.15) is 0 Å². The number of nitrogens with zero attached hydrogens (tertiary/aromatic N) is 2. The lowest BCUT2D eigenvalue weighted by molar-refractivity contribution is 0.204. The first-order chi connectivity index (χ1) is 13.7. The van der Waals surface area contributed by atoms with Crippen LogP contribution in [-0.4, -0.2) is 33.3 Å². The Bertz CT molecular complexity index is 944. The summed E-state index contributed by atoms with van der Waals surface area (Å²) in [5.41, 5.74) is 2.12. The molecule has 0 amide bonds. The second-order valence-corrected chi connectivity index (χ2v) is 8.08. The molecule has 3 heterocycles. The van der Waals surface area contributed by atoms with Crippen LogP contribution < -0.4 is 5.32 Å². The molecular weight excluding hydrogens is 390 g/mol. The van der Waals surface area contributed by atoms with Crippen LogP contribution in [0.2, 0.25) is 0 Å². The average Bonchev–Trinajstić information content (AvgIpc) is 3.29. The molecule has 28 heavy (non-hydrogen) atoms. The van der Waals surface area contributed by atoms with Gasteiger partial charge in [-0.15, -0.1) is 0 Å². The molecule has 0 unspecified atom stereocenters. The highest BCUT2D eigenvalue weighted by atomic mass is 32.2. The van der Waals surface area contributed by atoms with Gasteiger partial charge in [0.1, 0.15) is 11.8 Å². The van der Waals surface area contributed by atoms with E-state index >= 15 is 0 Å². The van der Waals surface area contributed by atoms with Gasteiger partial charge in [0.15, 0.2) is 10.2 Å². The van der Waals surface area contributed by atoms with Gasteiger partial charge < -0.3 is 19.7 Å². The van der Waals surface area contributed by atoms with Crippen LogP contribution in [0.4, 0.5) is 0 Å². The van der Waals surface area contributed by atoms with Crippen molar-refractivity contribution in [1.82, 2.24) is 15.2 Å². The van der Waals surface area contributed by atoms with E-state index in [1.165, 1.54) is 5.56 Å². The number of pyridine rings is 1. The monoisotopic (exact) mass is 411 g/mol. The van der Waals surface area contributed by atoms with Gasteiger partial charge in [0.05, 0.1) is 18.3 Å². The minimum absolute atomic E-state index is 0.0128. The number of aliphatic hydroxyl groups is 1. The molecule has 5 nitrogen and oxygen atoms in total. The Kier molecular flexibility index (Phi) is 5.66. The Morgan fingerprint density at radius 2 is 2.00 bits per heavy atom. The average molecular weight is 412 g/mol. The Hall–Kier alpha value is -2.35. The maximum Gasteiger partial charge on any atom is 0.170 e. The molecule has 0 aliphatic carbocycles.